The van der Waals surface area contributed by atoms with E-state index in [0.29, 0.717) is 19.4 Å². The zero-order chi connectivity index (χ0) is 16.1. The Bertz CT molecular complexity index is 667. The van der Waals surface area contributed by atoms with Gasteiger partial charge in [-0.1, -0.05) is 6.07 Å². The van der Waals surface area contributed by atoms with Crippen molar-refractivity contribution in [2.24, 2.45) is 7.05 Å². The molecule has 2 aromatic rings. The number of benzene rings is 1. The number of hydrogen-bond donors (Lipinski definition) is 2. The summed E-state index contributed by atoms with van der Waals surface area (Å²) in [7, 11) is 1.87. The summed E-state index contributed by atoms with van der Waals surface area (Å²) in [5, 5.41) is 16.0. The number of amides is 1. The van der Waals surface area contributed by atoms with Crippen molar-refractivity contribution in [2.75, 3.05) is 0 Å². The Morgan fingerprint density at radius 2 is 2.18 bits per heavy atom. The minimum atomic E-state index is -0.440. The molecule has 5 nitrogen and oxygen atoms in total. The molecule has 0 spiro atoms. The van der Waals surface area contributed by atoms with Crippen LogP contribution < -0.4 is 5.32 Å². The summed E-state index contributed by atoms with van der Waals surface area (Å²) in [5.41, 5.74) is 3.11. The predicted octanol–water partition coefficient (Wildman–Crippen LogP) is 1.61. The van der Waals surface area contributed by atoms with Crippen molar-refractivity contribution in [3.8, 4) is 0 Å². The minimum absolute atomic E-state index is 0.0712. The van der Waals surface area contributed by atoms with Crippen LogP contribution in [-0.2, 0) is 31.4 Å². The summed E-state index contributed by atoms with van der Waals surface area (Å²) in [6.45, 7) is 1.93. The van der Waals surface area contributed by atoms with Crippen LogP contribution in [0.15, 0.2) is 24.4 Å². The summed E-state index contributed by atoms with van der Waals surface area (Å²) >= 11 is 0. The quantitative estimate of drug-likeness (QED) is 0.852. The maximum atomic E-state index is 13.3. The highest BCUT2D eigenvalue weighted by molar-refractivity contribution is 5.76. The zero-order valence-electron chi connectivity index (χ0n) is 12.8. The highest BCUT2D eigenvalue weighted by Crippen LogP contribution is 2.11. The fourth-order valence-electron chi connectivity index (χ4n) is 2.19. The summed E-state index contributed by atoms with van der Waals surface area (Å²) in [4.78, 5) is 11.9. The van der Waals surface area contributed by atoms with Gasteiger partial charge in [-0.2, -0.15) is 5.10 Å². The Kier molecular flexibility index (Phi) is 5.27. The molecule has 0 aliphatic rings. The number of carbonyl (C=O) groups is 1. The molecule has 0 aliphatic heterocycles. The van der Waals surface area contributed by atoms with Gasteiger partial charge in [-0.3, -0.25) is 9.48 Å². The molecule has 0 fully saturated rings. The van der Waals surface area contributed by atoms with Gasteiger partial charge in [0, 0.05) is 31.3 Å². The Balaban J connectivity index is 1.84. The number of aryl methyl sites for hydroxylation is 2. The van der Waals surface area contributed by atoms with E-state index >= 15 is 0 Å². The summed E-state index contributed by atoms with van der Waals surface area (Å²) in [6, 6.07) is 4.45. The smallest absolute Gasteiger partial charge is 0.220 e. The first-order valence-corrected chi connectivity index (χ1v) is 7.13. The van der Waals surface area contributed by atoms with Crippen LogP contribution in [-0.4, -0.2) is 20.8 Å². The van der Waals surface area contributed by atoms with Crippen molar-refractivity contribution >= 4 is 5.91 Å². The number of nitrogens with one attached hydrogen (secondary N) is 1. The molecule has 1 aromatic heterocycles. The van der Waals surface area contributed by atoms with Crippen molar-refractivity contribution in [2.45, 2.75) is 32.9 Å². The van der Waals surface area contributed by atoms with Crippen LogP contribution in [0, 0.1) is 12.7 Å². The maximum absolute atomic E-state index is 13.3. The van der Waals surface area contributed by atoms with E-state index in [4.69, 9.17) is 5.11 Å². The van der Waals surface area contributed by atoms with Gasteiger partial charge in [0.05, 0.1) is 12.8 Å². The molecule has 22 heavy (non-hydrogen) atoms. The summed E-state index contributed by atoms with van der Waals surface area (Å²) in [6.07, 6.45) is 2.79. The highest BCUT2D eigenvalue weighted by atomic mass is 19.1. The number of hydrogen-bond acceptors (Lipinski definition) is 3. The minimum Gasteiger partial charge on any atom is -0.392 e. The number of aliphatic hydroxyl groups excluding tert-OH is 1. The van der Waals surface area contributed by atoms with Gasteiger partial charge in [0.25, 0.3) is 0 Å². The molecule has 0 saturated heterocycles. The number of nitrogens with zero attached hydrogens (tertiary/aromatic N) is 2. The van der Waals surface area contributed by atoms with Gasteiger partial charge in [-0.25, -0.2) is 4.39 Å². The van der Waals surface area contributed by atoms with Gasteiger partial charge in [0.15, 0.2) is 0 Å². The number of carbonyl (C=O) groups excluding carboxylic acids is 1. The molecule has 118 valence electrons. The van der Waals surface area contributed by atoms with Crippen LogP contribution in [0.5, 0.6) is 0 Å². The second-order valence-corrected chi connectivity index (χ2v) is 5.24. The topological polar surface area (TPSA) is 67.2 Å². The van der Waals surface area contributed by atoms with Gasteiger partial charge in [-0.15, -0.1) is 0 Å². The lowest BCUT2D eigenvalue weighted by Gasteiger charge is -2.07. The molecular formula is C16H20FN3O2. The first kappa shape index (κ1) is 16.2. The fraction of sp³-hybridized carbons (Fsp3) is 0.375. The standard InChI is InChI=1S/C16H20FN3O2/c1-11-13(9-19-20(11)2)4-6-16(22)18-8-12-3-5-15(17)14(7-12)10-21/h3,5,7,9,21H,4,6,8,10H2,1-2H3,(H,18,22). The predicted molar refractivity (Wildman–Crippen MR) is 80.4 cm³/mol. The van der Waals surface area contributed by atoms with Gasteiger partial charge in [0.2, 0.25) is 5.91 Å². The van der Waals surface area contributed by atoms with Crippen LogP contribution in [0.4, 0.5) is 4.39 Å². The van der Waals surface area contributed by atoms with Crippen LogP contribution >= 0.6 is 0 Å². The summed E-state index contributed by atoms with van der Waals surface area (Å²) in [5.74, 6) is -0.511. The van der Waals surface area contributed by atoms with E-state index in [1.165, 1.54) is 6.07 Å². The molecule has 2 N–H and O–H groups in total. The maximum Gasteiger partial charge on any atom is 0.220 e. The first-order valence-electron chi connectivity index (χ1n) is 7.13. The average Bonchev–Trinajstić information content (AvgIpc) is 2.83. The van der Waals surface area contributed by atoms with Crippen molar-refractivity contribution in [1.82, 2.24) is 15.1 Å². The molecule has 0 bridgehead atoms. The monoisotopic (exact) mass is 305 g/mol. The van der Waals surface area contributed by atoms with Crippen molar-refractivity contribution in [3.63, 3.8) is 0 Å². The van der Waals surface area contributed by atoms with Gasteiger partial charge >= 0.3 is 0 Å². The fourth-order valence-corrected chi connectivity index (χ4v) is 2.19. The SMILES string of the molecule is Cc1c(CCC(=O)NCc2ccc(F)c(CO)c2)cnn1C. The Labute approximate surface area is 128 Å². The van der Waals surface area contributed by atoms with E-state index < -0.39 is 5.82 Å². The van der Waals surface area contributed by atoms with E-state index in [2.05, 4.69) is 10.4 Å². The van der Waals surface area contributed by atoms with Crippen LogP contribution in [0.25, 0.3) is 0 Å². The van der Waals surface area contributed by atoms with E-state index in [1.54, 1.807) is 23.0 Å². The molecule has 1 aromatic carbocycles. The molecule has 0 radical (unpaired) electrons. The molecular weight excluding hydrogens is 285 g/mol. The second-order valence-electron chi connectivity index (χ2n) is 5.24. The van der Waals surface area contributed by atoms with Crippen molar-refractivity contribution < 1.29 is 14.3 Å². The lowest BCUT2D eigenvalue weighted by atomic mass is 10.1. The Morgan fingerprint density at radius 1 is 1.41 bits per heavy atom. The lowest BCUT2D eigenvalue weighted by Crippen LogP contribution is -2.23. The third-order valence-corrected chi connectivity index (χ3v) is 3.73. The normalized spacial score (nSPS) is 10.7. The molecule has 1 heterocycles. The molecule has 0 aliphatic carbocycles. The van der Waals surface area contributed by atoms with Crippen molar-refractivity contribution in [1.29, 1.82) is 0 Å². The zero-order valence-corrected chi connectivity index (χ0v) is 12.8. The molecule has 6 heteroatoms. The molecule has 0 atom stereocenters. The largest absolute Gasteiger partial charge is 0.392 e. The van der Waals surface area contributed by atoms with E-state index in [0.717, 1.165) is 16.8 Å². The van der Waals surface area contributed by atoms with Gasteiger partial charge in [-0.05, 0) is 36.6 Å². The first-order chi connectivity index (χ1) is 10.5. The average molecular weight is 305 g/mol. The number of rotatable bonds is 6. The van der Waals surface area contributed by atoms with E-state index in [-0.39, 0.29) is 18.1 Å². The molecule has 2 rings (SSSR count). The summed E-state index contributed by atoms with van der Waals surface area (Å²) < 4.78 is 15.0. The lowest BCUT2D eigenvalue weighted by molar-refractivity contribution is -0.121. The van der Waals surface area contributed by atoms with E-state index in [1.807, 2.05) is 14.0 Å². The van der Waals surface area contributed by atoms with Crippen LogP contribution in [0.3, 0.4) is 0 Å². The van der Waals surface area contributed by atoms with Gasteiger partial charge < -0.3 is 10.4 Å². The Morgan fingerprint density at radius 3 is 2.82 bits per heavy atom. The third kappa shape index (κ3) is 3.92. The van der Waals surface area contributed by atoms with Crippen LogP contribution in [0.1, 0.15) is 28.8 Å². The van der Waals surface area contributed by atoms with Gasteiger partial charge in [0.1, 0.15) is 5.82 Å². The molecule has 0 saturated carbocycles. The van der Waals surface area contributed by atoms with Crippen molar-refractivity contribution in [3.05, 3.63) is 52.6 Å². The molecule has 0 unspecified atom stereocenters. The van der Waals surface area contributed by atoms with E-state index in [9.17, 15) is 9.18 Å². The molecule has 1 amide bonds. The Hall–Kier alpha value is -2.21. The number of halogens is 1. The third-order valence-electron chi connectivity index (χ3n) is 3.73. The number of aromatic nitrogens is 2. The van der Waals surface area contributed by atoms with Crippen LogP contribution in [0.2, 0.25) is 0 Å². The number of aliphatic hydroxyl groups is 1. The highest BCUT2D eigenvalue weighted by Gasteiger charge is 2.08. The second kappa shape index (κ2) is 7.17.